The van der Waals surface area contributed by atoms with Crippen molar-refractivity contribution >= 4 is 0 Å². The highest BCUT2D eigenvalue weighted by molar-refractivity contribution is 5.58. The van der Waals surface area contributed by atoms with Gasteiger partial charge in [0.05, 0.1) is 5.69 Å². The van der Waals surface area contributed by atoms with E-state index in [-0.39, 0.29) is 0 Å². The van der Waals surface area contributed by atoms with Gasteiger partial charge >= 0.3 is 0 Å². The molecule has 1 fully saturated rings. The quantitative estimate of drug-likeness (QED) is 0.890. The Balaban J connectivity index is 1.54. The Morgan fingerprint density at radius 3 is 2.57 bits per heavy atom. The molecule has 2 aromatic rings. The molecule has 112 valence electrons. The van der Waals surface area contributed by atoms with Crippen LogP contribution in [0.15, 0.2) is 36.5 Å². The maximum atomic E-state index is 3.99. The first-order valence-corrected chi connectivity index (χ1v) is 8.04. The monoisotopic (exact) mass is 283 g/mol. The fraction of sp³-hybridized carbons (Fsp3) is 0.500. The highest BCUT2D eigenvalue weighted by Crippen LogP contribution is 2.29. The summed E-state index contributed by atoms with van der Waals surface area (Å²) in [6.45, 7) is 5.74. The van der Waals surface area contributed by atoms with E-state index in [1.807, 2.05) is 6.07 Å². The molecule has 0 saturated heterocycles. The largest absolute Gasteiger partial charge is 0.310 e. The third-order valence-electron chi connectivity index (χ3n) is 4.96. The van der Waals surface area contributed by atoms with E-state index in [1.54, 1.807) is 6.20 Å². The molecule has 0 amide bonds. The first-order valence-electron chi connectivity index (χ1n) is 8.04. The minimum Gasteiger partial charge on any atom is -0.310 e. The Morgan fingerprint density at radius 2 is 1.90 bits per heavy atom. The van der Waals surface area contributed by atoms with Crippen molar-refractivity contribution in [2.24, 2.45) is 11.8 Å². The van der Waals surface area contributed by atoms with Crippen LogP contribution in [0.4, 0.5) is 0 Å². The lowest BCUT2D eigenvalue weighted by molar-refractivity contribution is 0.225. The molecule has 1 aromatic carbocycles. The lowest BCUT2D eigenvalue weighted by Gasteiger charge is -2.32. The SMILES string of the molecule is CC1CCC(NCc2ccc(-c3ccn[nH]3)cc2)CC1C. The van der Waals surface area contributed by atoms with Crippen molar-refractivity contribution in [2.75, 3.05) is 0 Å². The molecule has 21 heavy (non-hydrogen) atoms. The molecule has 3 rings (SSSR count). The second-order valence-electron chi connectivity index (χ2n) is 6.51. The minimum absolute atomic E-state index is 0.684. The number of aromatic amines is 1. The molecular weight excluding hydrogens is 258 g/mol. The zero-order valence-corrected chi connectivity index (χ0v) is 13.0. The molecule has 1 saturated carbocycles. The summed E-state index contributed by atoms with van der Waals surface area (Å²) in [5, 5.41) is 10.7. The van der Waals surface area contributed by atoms with Crippen molar-refractivity contribution in [3.05, 3.63) is 42.1 Å². The van der Waals surface area contributed by atoms with Crippen molar-refractivity contribution in [1.82, 2.24) is 15.5 Å². The summed E-state index contributed by atoms with van der Waals surface area (Å²) in [6, 6.07) is 11.4. The number of nitrogens with zero attached hydrogens (tertiary/aromatic N) is 1. The Hall–Kier alpha value is -1.61. The summed E-state index contributed by atoms with van der Waals surface area (Å²) in [6.07, 6.45) is 5.78. The first-order chi connectivity index (χ1) is 10.2. The molecule has 1 aliphatic carbocycles. The lowest BCUT2D eigenvalue weighted by Crippen LogP contribution is -2.35. The van der Waals surface area contributed by atoms with E-state index in [1.165, 1.54) is 30.4 Å². The van der Waals surface area contributed by atoms with Gasteiger partial charge in [-0.05, 0) is 48.3 Å². The standard InChI is InChI=1S/C18H25N3/c1-13-3-8-17(11-14(13)2)19-12-15-4-6-16(7-5-15)18-9-10-20-21-18/h4-7,9-10,13-14,17,19H,3,8,11-12H2,1-2H3,(H,20,21). The molecule has 0 bridgehead atoms. The van der Waals surface area contributed by atoms with Crippen LogP contribution in [-0.2, 0) is 6.54 Å². The highest BCUT2D eigenvalue weighted by atomic mass is 15.1. The van der Waals surface area contributed by atoms with Crippen molar-refractivity contribution in [1.29, 1.82) is 0 Å². The fourth-order valence-corrected chi connectivity index (χ4v) is 3.21. The number of aromatic nitrogens is 2. The maximum absolute atomic E-state index is 3.99. The number of nitrogens with one attached hydrogen (secondary N) is 2. The van der Waals surface area contributed by atoms with Crippen LogP contribution in [0, 0.1) is 11.8 Å². The molecule has 3 atom stereocenters. The molecule has 3 heteroatoms. The number of rotatable bonds is 4. The van der Waals surface area contributed by atoms with E-state index in [0.717, 1.165) is 24.1 Å². The molecule has 1 aromatic heterocycles. The van der Waals surface area contributed by atoms with Gasteiger partial charge in [0.2, 0.25) is 0 Å². The van der Waals surface area contributed by atoms with Crippen LogP contribution in [0.3, 0.4) is 0 Å². The number of hydrogen-bond donors (Lipinski definition) is 2. The van der Waals surface area contributed by atoms with E-state index in [0.29, 0.717) is 6.04 Å². The van der Waals surface area contributed by atoms with Gasteiger partial charge in [-0.3, -0.25) is 5.10 Å². The molecule has 3 nitrogen and oxygen atoms in total. The highest BCUT2D eigenvalue weighted by Gasteiger charge is 2.23. The number of benzene rings is 1. The minimum atomic E-state index is 0.684. The van der Waals surface area contributed by atoms with Gasteiger partial charge in [0.1, 0.15) is 0 Å². The van der Waals surface area contributed by atoms with Crippen LogP contribution < -0.4 is 5.32 Å². The van der Waals surface area contributed by atoms with Crippen LogP contribution in [-0.4, -0.2) is 16.2 Å². The summed E-state index contributed by atoms with van der Waals surface area (Å²) in [5.74, 6) is 1.73. The lowest BCUT2D eigenvalue weighted by atomic mass is 9.79. The predicted octanol–water partition coefficient (Wildman–Crippen LogP) is 3.99. The van der Waals surface area contributed by atoms with Crippen molar-refractivity contribution in [3.8, 4) is 11.3 Å². The van der Waals surface area contributed by atoms with E-state index in [2.05, 4.69) is 53.6 Å². The van der Waals surface area contributed by atoms with Crippen molar-refractivity contribution in [3.63, 3.8) is 0 Å². The first kappa shape index (κ1) is 14.3. The normalized spacial score (nSPS) is 25.9. The Kier molecular flexibility index (Phi) is 4.39. The van der Waals surface area contributed by atoms with Crippen molar-refractivity contribution in [2.45, 2.75) is 45.7 Å². The third-order valence-corrected chi connectivity index (χ3v) is 4.96. The van der Waals surface area contributed by atoms with Crippen LogP contribution in [0.5, 0.6) is 0 Å². The van der Waals surface area contributed by atoms with Gasteiger partial charge in [-0.1, -0.05) is 38.1 Å². The van der Waals surface area contributed by atoms with Gasteiger partial charge in [-0.15, -0.1) is 0 Å². The zero-order chi connectivity index (χ0) is 14.7. The van der Waals surface area contributed by atoms with Crippen LogP contribution in [0.1, 0.15) is 38.7 Å². The van der Waals surface area contributed by atoms with E-state index < -0.39 is 0 Å². The summed E-state index contributed by atoms with van der Waals surface area (Å²) in [5.41, 5.74) is 3.62. The topological polar surface area (TPSA) is 40.7 Å². The Labute approximate surface area is 127 Å². The second kappa shape index (κ2) is 6.44. The maximum Gasteiger partial charge on any atom is 0.0650 e. The average Bonchev–Trinajstić information content (AvgIpc) is 3.03. The summed E-state index contributed by atoms with van der Waals surface area (Å²) in [7, 11) is 0. The predicted molar refractivity (Wildman–Crippen MR) is 86.8 cm³/mol. The molecular formula is C18H25N3. The van der Waals surface area contributed by atoms with Gasteiger partial charge in [0.25, 0.3) is 0 Å². The fourth-order valence-electron chi connectivity index (χ4n) is 3.21. The van der Waals surface area contributed by atoms with Crippen LogP contribution in [0.25, 0.3) is 11.3 Å². The molecule has 3 unspecified atom stereocenters. The van der Waals surface area contributed by atoms with E-state index in [4.69, 9.17) is 0 Å². The summed E-state index contributed by atoms with van der Waals surface area (Å²) < 4.78 is 0. The molecule has 1 heterocycles. The van der Waals surface area contributed by atoms with E-state index >= 15 is 0 Å². The Bertz CT molecular complexity index is 544. The second-order valence-corrected chi connectivity index (χ2v) is 6.51. The molecule has 1 aliphatic rings. The van der Waals surface area contributed by atoms with E-state index in [9.17, 15) is 0 Å². The molecule has 2 N–H and O–H groups in total. The van der Waals surface area contributed by atoms with Gasteiger partial charge in [-0.2, -0.15) is 5.10 Å². The summed E-state index contributed by atoms with van der Waals surface area (Å²) in [4.78, 5) is 0. The number of H-pyrrole nitrogens is 1. The van der Waals surface area contributed by atoms with Crippen LogP contribution >= 0.6 is 0 Å². The third kappa shape index (κ3) is 3.53. The smallest absolute Gasteiger partial charge is 0.0650 e. The van der Waals surface area contributed by atoms with Gasteiger partial charge in [0.15, 0.2) is 0 Å². The summed E-state index contributed by atoms with van der Waals surface area (Å²) >= 11 is 0. The van der Waals surface area contributed by atoms with Crippen molar-refractivity contribution < 1.29 is 0 Å². The van der Waals surface area contributed by atoms with Gasteiger partial charge in [0, 0.05) is 18.8 Å². The van der Waals surface area contributed by atoms with Crippen LogP contribution in [0.2, 0.25) is 0 Å². The Morgan fingerprint density at radius 1 is 1.10 bits per heavy atom. The zero-order valence-electron chi connectivity index (χ0n) is 13.0. The molecule has 0 spiro atoms. The molecule has 0 radical (unpaired) electrons. The average molecular weight is 283 g/mol. The number of hydrogen-bond acceptors (Lipinski definition) is 2. The van der Waals surface area contributed by atoms with Gasteiger partial charge < -0.3 is 5.32 Å². The van der Waals surface area contributed by atoms with Gasteiger partial charge in [-0.25, -0.2) is 0 Å². The molecule has 0 aliphatic heterocycles.